The van der Waals surface area contributed by atoms with E-state index in [9.17, 15) is 4.39 Å². The Kier molecular flexibility index (Phi) is 3.56. The number of ether oxygens (including phenoxy) is 1. The molecular weight excluding hydrogens is 193 g/mol. The highest BCUT2D eigenvalue weighted by Crippen LogP contribution is 2.21. The molecule has 0 heterocycles. The van der Waals surface area contributed by atoms with E-state index in [2.05, 4.69) is 5.32 Å². The maximum Gasteiger partial charge on any atom is 0.125 e. The fourth-order valence-corrected chi connectivity index (χ4v) is 1.56. The lowest BCUT2D eigenvalue weighted by Crippen LogP contribution is -2.24. The van der Waals surface area contributed by atoms with E-state index in [-0.39, 0.29) is 5.82 Å². The molecular formula is C12H16FNO. The van der Waals surface area contributed by atoms with E-state index >= 15 is 0 Å². The highest BCUT2D eigenvalue weighted by atomic mass is 19.1. The lowest BCUT2D eigenvalue weighted by Gasteiger charge is -2.25. The third kappa shape index (κ3) is 3.20. The first-order chi connectivity index (χ1) is 7.34. The minimum Gasteiger partial charge on any atom is -0.383 e. The number of anilines is 1. The van der Waals surface area contributed by atoms with E-state index < -0.39 is 0 Å². The molecule has 82 valence electrons. The summed E-state index contributed by atoms with van der Waals surface area (Å²) in [6.07, 6.45) is 4.15. The van der Waals surface area contributed by atoms with E-state index in [4.69, 9.17) is 4.74 Å². The standard InChI is InChI=1S/C12H16FNO/c13-10-3-1-4-11(9-10)14-7-8-15-12-5-2-6-12/h1,3-4,9,12,14H,2,5-8H2. The lowest BCUT2D eigenvalue weighted by atomic mass is 9.96. The monoisotopic (exact) mass is 209 g/mol. The number of nitrogens with one attached hydrogen (secondary N) is 1. The topological polar surface area (TPSA) is 21.3 Å². The van der Waals surface area contributed by atoms with Crippen molar-refractivity contribution in [2.24, 2.45) is 0 Å². The molecule has 1 fully saturated rings. The number of hydrogen-bond donors (Lipinski definition) is 1. The van der Waals surface area contributed by atoms with Crippen molar-refractivity contribution < 1.29 is 9.13 Å². The quantitative estimate of drug-likeness (QED) is 0.753. The van der Waals surface area contributed by atoms with Crippen LogP contribution < -0.4 is 5.32 Å². The highest BCUT2D eigenvalue weighted by molar-refractivity contribution is 5.42. The van der Waals surface area contributed by atoms with E-state index in [1.807, 2.05) is 6.07 Å². The smallest absolute Gasteiger partial charge is 0.125 e. The van der Waals surface area contributed by atoms with Gasteiger partial charge in [0, 0.05) is 12.2 Å². The molecule has 1 aliphatic carbocycles. The molecule has 0 aliphatic heterocycles. The summed E-state index contributed by atoms with van der Waals surface area (Å²) in [6.45, 7) is 1.43. The van der Waals surface area contributed by atoms with Gasteiger partial charge in [0.15, 0.2) is 0 Å². The third-order valence-electron chi connectivity index (χ3n) is 2.66. The summed E-state index contributed by atoms with van der Waals surface area (Å²) >= 11 is 0. The molecule has 1 aliphatic rings. The summed E-state index contributed by atoms with van der Waals surface area (Å²) in [5, 5.41) is 3.12. The lowest BCUT2D eigenvalue weighted by molar-refractivity contribution is 0.00812. The van der Waals surface area contributed by atoms with Crippen LogP contribution in [0.2, 0.25) is 0 Å². The zero-order chi connectivity index (χ0) is 10.5. The van der Waals surface area contributed by atoms with Gasteiger partial charge in [-0.25, -0.2) is 4.39 Å². The first-order valence-electron chi connectivity index (χ1n) is 5.45. The fourth-order valence-electron chi connectivity index (χ4n) is 1.56. The van der Waals surface area contributed by atoms with Crippen LogP contribution in [0.1, 0.15) is 19.3 Å². The van der Waals surface area contributed by atoms with Gasteiger partial charge in [0.2, 0.25) is 0 Å². The summed E-state index contributed by atoms with van der Waals surface area (Å²) in [6, 6.07) is 6.48. The van der Waals surface area contributed by atoms with Gasteiger partial charge in [-0.2, -0.15) is 0 Å². The van der Waals surface area contributed by atoms with Crippen molar-refractivity contribution in [1.82, 2.24) is 0 Å². The molecule has 2 nitrogen and oxygen atoms in total. The Hall–Kier alpha value is -1.09. The first kappa shape index (κ1) is 10.4. The molecule has 1 aromatic carbocycles. The van der Waals surface area contributed by atoms with Gasteiger partial charge in [0.05, 0.1) is 12.7 Å². The second kappa shape index (κ2) is 5.12. The Morgan fingerprint density at radius 3 is 2.93 bits per heavy atom. The van der Waals surface area contributed by atoms with Crippen LogP contribution in [-0.4, -0.2) is 19.3 Å². The number of hydrogen-bond acceptors (Lipinski definition) is 2. The molecule has 15 heavy (non-hydrogen) atoms. The maximum atomic E-state index is 12.8. The Labute approximate surface area is 89.4 Å². The van der Waals surface area contributed by atoms with Crippen LogP contribution in [0.3, 0.4) is 0 Å². The second-order valence-corrected chi connectivity index (χ2v) is 3.86. The predicted molar refractivity (Wildman–Crippen MR) is 58.5 cm³/mol. The second-order valence-electron chi connectivity index (χ2n) is 3.86. The summed E-state index contributed by atoms with van der Waals surface area (Å²) < 4.78 is 18.4. The summed E-state index contributed by atoms with van der Waals surface area (Å²) in [4.78, 5) is 0. The SMILES string of the molecule is Fc1cccc(NCCOC2CCC2)c1. The minimum absolute atomic E-state index is 0.208. The minimum atomic E-state index is -0.208. The Morgan fingerprint density at radius 2 is 2.27 bits per heavy atom. The summed E-state index contributed by atoms with van der Waals surface area (Å²) in [5.74, 6) is -0.208. The van der Waals surface area contributed by atoms with E-state index in [0.717, 1.165) is 12.2 Å². The van der Waals surface area contributed by atoms with Crippen molar-refractivity contribution in [3.63, 3.8) is 0 Å². The van der Waals surface area contributed by atoms with Crippen molar-refractivity contribution in [3.05, 3.63) is 30.1 Å². The summed E-state index contributed by atoms with van der Waals surface area (Å²) in [5.41, 5.74) is 0.812. The van der Waals surface area contributed by atoms with Crippen molar-refractivity contribution in [3.8, 4) is 0 Å². The summed E-state index contributed by atoms with van der Waals surface area (Å²) in [7, 11) is 0. The number of rotatable bonds is 5. The zero-order valence-corrected chi connectivity index (χ0v) is 8.71. The van der Waals surface area contributed by atoms with Crippen molar-refractivity contribution in [2.45, 2.75) is 25.4 Å². The molecule has 0 atom stereocenters. The normalized spacial score (nSPS) is 16.1. The van der Waals surface area contributed by atoms with Crippen molar-refractivity contribution in [2.75, 3.05) is 18.5 Å². The largest absolute Gasteiger partial charge is 0.383 e. The van der Waals surface area contributed by atoms with Crippen LogP contribution in [0.25, 0.3) is 0 Å². The molecule has 3 heteroatoms. The molecule has 0 saturated heterocycles. The zero-order valence-electron chi connectivity index (χ0n) is 8.71. The van der Waals surface area contributed by atoms with Crippen LogP contribution in [0.15, 0.2) is 24.3 Å². The van der Waals surface area contributed by atoms with Crippen LogP contribution in [0.4, 0.5) is 10.1 Å². The van der Waals surface area contributed by atoms with Crippen molar-refractivity contribution >= 4 is 5.69 Å². The average Bonchev–Trinajstić information content (AvgIpc) is 2.15. The van der Waals surface area contributed by atoms with Crippen LogP contribution in [0, 0.1) is 5.82 Å². The maximum absolute atomic E-state index is 12.8. The van der Waals surface area contributed by atoms with E-state index in [0.29, 0.717) is 12.7 Å². The predicted octanol–water partition coefficient (Wildman–Crippen LogP) is 2.81. The number of halogens is 1. The van der Waals surface area contributed by atoms with Gasteiger partial charge in [-0.05, 0) is 37.5 Å². The molecule has 0 amide bonds. The molecule has 2 rings (SSSR count). The van der Waals surface area contributed by atoms with Gasteiger partial charge in [-0.1, -0.05) is 6.07 Å². The van der Waals surface area contributed by atoms with Gasteiger partial charge in [0.25, 0.3) is 0 Å². The van der Waals surface area contributed by atoms with E-state index in [1.165, 1.54) is 31.4 Å². The Morgan fingerprint density at radius 1 is 1.40 bits per heavy atom. The molecule has 0 spiro atoms. The molecule has 0 unspecified atom stereocenters. The van der Waals surface area contributed by atoms with Gasteiger partial charge < -0.3 is 10.1 Å². The van der Waals surface area contributed by atoms with Gasteiger partial charge in [-0.3, -0.25) is 0 Å². The van der Waals surface area contributed by atoms with Crippen LogP contribution >= 0.6 is 0 Å². The first-order valence-corrected chi connectivity index (χ1v) is 5.45. The van der Waals surface area contributed by atoms with Crippen LogP contribution in [0.5, 0.6) is 0 Å². The van der Waals surface area contributed by atoms with Gasteiger partial charge >= 0.3 is 0 Å². The van der Waals surface area contributed by atoms with Crippen LogP contribution in [-0.2, 0) is 4.74 Å². The fraction of sp³-hybridized carbons (Fsp3) is 0.500. The molecule has 0 radical (unpaired) electrons. The molecule has 0 aromatic heterocycles. The van der Waals surface area contributed by atoms with Gasteiger partial charge in [0.1, 0.15) is 5.82 Å². The molecule has 1 N–H and O–H groups in total. The van der Waals surface area contributed by atoms with Crippen molar-refractivity contribution in [1.29, 1.82) is 0 Å². The molecule has 0 bridgehead atoms. The average molecular weight is 209 g/mol. The molecule has 1 aromatic rings. The Balaban J connectivity index is 1.64. The van der Waals surface area contributed by atoms with E-state index in [1.54, 1.807) is 6.07 Å². The Bertz CT molecular complexity index is 312. The molecule has 1 saturated carbocycles. The number of benzene rings is 1. The third-order valence-corrected chi connectivity index (χ3v) is 2.66. The van der Waals surface area contributed by atoms with Gasteiger partial charge in [-0.15, -0.1) is 0 Å². The highest BCUT2D eigenvalue weighted by Gasteiger charge is 2.16.